The van der Waals surface area contributed by atoms with E-state index in [-0.39, 0.29) is 21.7 Å². The number of benzene rings is 3. The summed E-state index contributed by atoms with van der Waals surface area (Å²) < 4.78 is 43.5. The minimum Gasteiger partial charge on any atom is -0.497 e. The summed E-state index contributed by atoms with van der Waals surface area (Å²) in [6.45, 7) is 4.83. The highest BCUT2D eigenvalue weighted by molar-refractivity contribution is 7.91. The van der Waals surface area contributed by atoms with Gasteiger partial charge < -0.3 is 19.2 Å². The van der Waals surface area contributed by atoms with E-state index in [1.54, 1.807) is 55.6 Å². The molecule has 4 aromatic rings. The first-order valence-electron chi connectivity index (χ1n) is 11.3. The second-order valence-corrected chi connectivity index (χ2v) is 9.82. The number of oxazole rings is 1. The summed E-state index contributed by atoms with van der Waals surface area (Å²) in [6.07, 6.45) is 0.660. The van der Waals surface area contributed by atoms with Crippen molar-refractivity contribution >= 4 is 15.7 Å². The van der Waals surface area contributed by atoms with Crippen molar-refractivity contribution in [2.24, 2.45) is 0 Å². The van der Waals surface area contributed by atoms with Gasteiger partial charge in [0.2, 0.25) is 26.6 Å². The second kappa shape index (κ2) is 10.7. The van der Waals surface area contributed by atoms with Gasteiger partial charge in [0.1, 0.15) is 11.5 Å². The van der Waals surface area contributed by atoms with Gasteiger partial charge in [-0.2, -0.15) is 4.98 Å². The van der Waals surface area contributed by atoms with Gasteiger partial charge in [-0.15, -0.1) is 0 Å². The number of nitrogens with zero attached hydrogens (tertiary/aromatic N) is 1. The molecule has 0 spiro atoms. The second-order valence-electron chi connectivity index (χ2n) is 7.95. The molecule has 0 radical (unpaired) electrons. The molecule has 0 fully saturated rings. The maximum absolute atomic E-state index is 13.5. The number of aromatic nitrogens is 1. The van der Waals surface area contributed by atoms with Crippen LogP contribution < -0.4 is 14.8 Å². The maximum Gasteiger partial charge on any atom is 0.233 e. The molecule has 0 aliphatic heterocycles. The van der Waals surface area contributed by atoms with Gasteiger partial charge in [-0.1, -0.05) is 29.8 Å². The summed E-state index contributed by atoms with van der Waals surface area (Å²) in [6, 6.07) is 21.6. The van der Waals surface area contributed by atoms with Gasteiger partial charge in [-0.25, -0.2) is 8.42 Å². The van der Waals surface area contributed by atoms with Crippen molar-refractivity contribution in [2.45, 2.75) is 30.2 Å². The molecule has 35 heavy (non-hydrogen) atoms. The molecule has 4 rings (SSSR count). The van der Waals surface area contributed by atoms with Gasteiger partial charge in [0.25, 0.3) is 0 Å². The van der Waals surface area contributed by atoms with Gasteiger partial charge in [-0.05, 0) is 74.4 Å². The van der Waals surface area contributed by atoms with E-state index in [0.717, 1.165) is 16.9 Å². The molecular formula is C27H28N2O5S. The summed E-state index contributed by atoms with van der Waals surface area (Å²) >= 11 is 0. The van der Waals surface area contributed by atoms with Gasteiger partial charge in [0.05, 0.1) is 18.6 Å². The van der Waals surface area contributed by atoms with Gasteiger partial charge in [-0.3, -0.25) is 0 Å². The van der Waals surface area contributed by atoms with Crippen LogP contribution in [0.1, 0.15) is 18.1 Å². The predicted octanol–water partition coefficient (Wildman–Crippen LogP) is 5.54. The Balaban J connectivity index is 1.63. The van der Waals surface area contributed by atoms with Crippen molar-refractivity contribution in [3.05, 3.63) is 83.9 Å². The average molecular weight is 493 g/mol. The third-order valence-electron chi connectivity index (χ3n) is 5.45. The Morgan fingerprint density at radius 3 is 2.20 bits per heavy atom. The van der Waals surface area contributed by atoms with Crippen LogP contribution in [0.3, 0.4) is 0 Å². The molecule has 0 saturated carbocycles. The summed E-state index contributed by atoms with van der Waals surface area (Å²) in [4.78, 5) is 4.56. The third kappa shape index (κ3) is 5.66. The van der Waals surface area contributed by atoms with E-state index in [1.165, 1.54) is 0 Å². The number of aryl methyl sites for hydroxylation is 1. The van der Waals surface area contributed by atoms with Crippen LogP contribution in [0.25, 0.3) is 11.5 Å². The fraction of sp³-hybridized carbons (Fsp3) is 0.222. The highest BCUT2D eigenvalue weighted by Gasteiger charge is 2.28. The lowest BCUT2D eigenvalue weighted by Gasteiger charge is -2.07. The van der Waals surface area contributed by atoms with Crippen molar-refractivity contribution in [1.29, 1.82) is 0 Å². The SMILES string of the molecule is CCOc1ccc(-c2nc(S(=O)(=O)c3ccc(C)cc3)c(NCCc3ccc(OC)cc3)o2)cc1. The first kappa shape index (κ1) is 24.3. The number of hydrogen-bond donors (Lipinski definition) is 1. The van der Waals surface area contributed by atoms with E-state index in [2.05, 4.69) is 10.3 Å². The molecule has 0 aliphatic carbocycles. The van der Waals surface area contributed by atoms with Crippen molar-refractivity contribution in [3.8, 4) is 23.0 Å². The number of rotatable bonds is 10. The average Bonchev–Trinajstić information content (AvgIpc) is 3.30. The highest BCUT2D eigenvalue weighted by atomic mass is 32.2. The molecule has 0 saturated heterocycles. The summed E-state index contributed by atoms with van der Waals surface area (Å²) in [5.41, 5.74) is 2.70. The molecule has 0 bridgehead atoms. The lowest BCUT2D eigenvalue weighted by Crippen LogP contribution is -2.09. The zero-order valence-corrected chi connectivity index (χ0v) is 20.8. The molecule has 1 N–H and O–H groups in total. The number of methoxy groups -OCH3 is 1. The summed E-state index contributed by atoms with van der Waals surface area (Å²) in [7, 11) is -2.28. The lowest BCUT2D eigenvalue weighted by atomic mass is 10.1. The topological polar surface area (TPSA) is 90.7 Å². The molecular weight excluding hydrogens is 464 g/mol. The molecule has 0 amide bonds. The fourth-order valence-corrected chi connectivity index (χ4v) is 4.80. The molecule has 7 nitrogen and oxygen atoms in total. The number of ether oxygens (including phenoxy) is 2. The molecule has 0 unspecified atom stereocenters. The third-order valence-corrected chi connectivity index (χ3v) is 7.13. The normalized spacial score (nSPS) is 11.3. The van der Waals surface area contributed by atoms with Crippen molar-refractivity contribution in [2.75, 3.05) is 25.6 Å². The lowest BCUT2D eigenvalue weighted by molar-refractivity contribution is 0.340. The Morgan fingerprint density at radius 2 is 1.57 bits per heavy atom. The van der Waals surface area contributed by atoms with E-state index >= 15 is 0 Å². The first-order chi connectivity index (χ1) is 16.9. The minimum atomic E-state index is -3.90. The van der Waals surface area contributed by atoms with Crippen LogP contribution in [-0.2, 0) is 16.3 Å². The van der Waals surface area contributed by atoms with Crippen LogP contribution in [-0.4, -0.2) is 33.7 Å². The molecule has 182 valence electrons. The predicted molar refractivity (Wildman–Crippen MR) is 135 cm³/mol. The van der Waals surface area contributed by atoms with Crippen molar-refractivity contribution in [1.82, 2.24) is 4.98 Å². The Kier molecular flexibility index (Phi) is 7.41. The smallest absolute Gasteiger partial charge is 0.233 e. The van der Waals surface area contributed by atoms with E-state index in [4.69, 9.17) is 13.9 Å². The molecule has 0 atom stereocenters. The summed E-state index contributed by atoms with van der Waals surface area (Å²) in [5, 5.41) is 3.00. The van der Waals surface area contributed by atoms with Gasteiger partial charge >= 0.3 is 0 Å². The van der Waals surface area contributed by atoms with Crippen molar-refractivity contribution < 1.29 is 22.3 Å². The molecule has 1 aromatic heterocycles. The Bertz CT molecular complexity index is 1360. The largest absolute Gasteiger partial charge is 0.497 e. The highest BCUT2D eigenvalue weighted by Crippen LogP contribution is 2.33. The quantitative estimate of drug-likeness (QED) is 0.311. The first-order valence-corrected chi connectivity index (χ1v) is 12.8. The zero-order chi connectivity index (χ0) is 24.8. The molecule has 1 heterocycles. The number of anilines is 1. The monoisotopic (exact) mass is 492 g/mol. The Labute approximate surface area is 205 Å². The molecule has 3 aromatic carbocycles. The Hall–Kier alpha value is -3.78. The molecule has 0 aliphatic rings. The van der Waals surface area contributed by atoms with Gasteiger partial charge in [0.15, 0.2) is 0 Å². The van der Waals surface area contributed by atoms with E-state index in [1.807, 2.05) is 38.1 Å². The Morgan fingerprint density at radius 1 is 0.914 bits per heavy atom. The van der Waals surface area contributed by atoms with Crippen molar-refractivity contribution in [3.63, 3.8) is 0 Å². The summed E-state index contributed by atoms with van der Waals surface area (Å²) in [5.74, 6) is 1.82. The minimum absolute atomic E-state index is 0.114. The number of hydrogen-bond acceptors (Lipinski definition) is 7. The zero-order valence-electron chi connectivity index (χ0n) is 19.9. The van der Waals surface area contributed by atoms with Crippen LogP contribution in [0.5, 0.6) is 11.5 Å². The number of sulfone groups is 1. The van der Waals surface area contributed by atoms with Crippen LogP contribution >= 0.6 is 0 Å². The van der Waals surface area contributed by atoms with Crippen LogP contribution in [0.4, 0.5) is 5.88 Å². The van der Waals surface area contributed by atoms with Crippen LogP contribution in [0.2, 0.25) is 0 Å². The number of nitrogens with one attached hydrogen (secondary N) is 1. The van der Waals surface area contributed by atoms with Crippen LogP contribution in [0.15, 0.2) is 87.1 Å². The van der Waals surface area contributed by atoms with E-state index < -0.39 is 9.84 Å². The fourth-order valence-electron chi connectivity index (χ4n) is 3.53. The van der Waals surface area contributed by atoms with Crippen LogP contribution in [0, 0.1) is 6.92 Å². The van der Waals surface area contributed by atoms with Gasteiger partial charge in [0, 0.05) is 12.1 Å². The maximum atomic E-state index is 13.5. The molecule has 8 heteroatoms. The standard InChI is InChI=1S/C27H28N2O5S/c1-4-33-23-13-9-21(10-14-23)25-29-27(35(30,31)24-15-5-19(2)6-16-24)26(34-25)28-18-17-20-7-11-22(32-3)12-8-20/h5-16,28H,4,17-18H2,1-3H3. The van der Waals surface area contributed by atoms with E-state index in [0.29, 0.717) is 30.9 Å². The van der Waals surface area contributed by atoms with E-state index in [9.17, 15) is 8.42 Å².